The summed E-state index contributed by atoms with van der Waals surface area (Å²) in [5.74, 6) is 0. The third kappa shape index (κ3) is 9.15. The van der Waals surface area contributed by atoms with Crippen LogP contribution in [0.5, 0.6) is 0 Å². The predicted molar refractivity (Wildman–Crippen MR) is 108 cm³/mol. The number of hydrogen-bond acceptors (Lipinski definition) is 8. The van der Waals surface area contributed by atoms with Crippen LogP contribution in [0.15, 0.2) is 0 Å². The largest absolute Gasteiger partial charge is 0.395 e. The lowest BCUT2D eigenvalue weighted by molar-refractivity contribution is 0.0315. The fraction of sp³-hybridized carbons (Fsp3) is 1.00. The summed E-state index contributed by atoms with van der Waals surface area (Å²) in [6.07, 6.45) is 0. The first-order chi connectivity index (χ1) is 12.8. The number of nitrogens with zero attached hydrogens (tertiary/aromatic N) is 3. The van der Waals surface area contributed by atoms with E-state index >= 15 is 0 Å². The molecule has 27 heavy (non-hydrogen) atoms. The van der Waals surface area contributed by atoms with Gasteiger partial charge in [-0.1, -0.05) is 0 Å². The minimum Gasteiger partial charge on any atom is -0.395 e. The summed E-state index contributed by atoms with van der Waals surface area (Å²) in [4.78, 5) is 6.31. The smallest absolute Gasteiger partial charge is 0.0584 e. The normalized spacial score (nSPS) is 18.1. The number of aliphatic hydroxyl groups excluding tert-OH is 5. The highest BCUT2D eigenvalue weighted by Gasteiger charge is 2.24. The lowest BCUT2D eigenvalue weighted by Crippen LogP contribution is -2.52. The molecule has 0 saturated heterocycles. The van der Waals surface area contributed by atoms with E-state index in [-0.39, 0.29) is 63.2 Å². The van der Waals surface area contributed by atoms with Crippen LogP contribution in [0.25, 0.3) is 0 Å². The number of hydrogen-bond donors (Lipinski definition) is 5. The molecule has 0 aliphatic rings. The van der Waals surface area contributed by atoms with Gasteiger partial charge in [0.2, 0.25) is 0 Å². The van der Waals surface area contributed by atoms with E-state index in [9.17, 15) is 25.5 Å². The molecule has 5 unspecified atom stereocenters. The van der Waals surface area contributed by atoms with Gasteiger partial charge in [0, 0.05) is 56.4 Å². The molecule has 0 spiro atoms. The predicted octanol–water partition coefficient (Wildman–Crippen LogP) is -1.20. The van der Waals surface area contributed by atoms with E-state index < -0.39 is 0 Å². The van der Waals surface area contributed by atoms with Crippen LogP contribution in [-0.4, -0.2) is 130 Å². The highest BCUT2D eigenvalue weighted by Crippen LogP contribution is 2.10. The van der Waals surface area contributed by atoms with E-state index in [1.807, 2.05) is 34.6 Å². The quantitative estimate of drug-likeness (QED) is 0.222. The molecule has 0 fully saturated rings. The molecule has 8 heteroatoms. The van der Waals surface area contributed by atoms with E-state index in [0.717, 1.165) is 0 Å². The summed E-state index contributed by atoms with van der Waals surface area (Å²) in [6.45, 7) is 12.5. The zero-order chi connectivity index (χ0) is 21.0. The Morgan fingerprint density at radius 3 is 0.926 bits per heavy atom. The van der Waals surface area contributed by atoms with Gasteiger partial charge in [0.15, 0.2) is 0 Å². The van der Waals surface area contributed by atoms with Gasteiger partial charge < -0.3 is 25.5 Å². The Morgan fingerprint density at radius 1 is 0.444 bits per heavy atom. The Labute approximate surface area is 165 Å². The zero-order valence-electron chi connectivity index (χ0n) is 17.8. The first-order valence-corrected chi connectivity index (χ1v) is 10.1. The highest BCUT2D eigenvalue weighted by molar-refractivity contribution is 4.79. The molecule has 164 valence electrons. The second-order valence-electron chi connectivity index (χ2n) is 7.67. The molecule has 0 rings (SSSR count). The highest BCUT2D eigenvalue weighted by atomic mass is 16.3. The minimum atomic E-state index is -0.0567. The molecule has 0 amide bonds. The summed E-state index contributed by atoms with van der Waals surface area (Å²) in [5.41, 5.74) is 0. The van der Waals surface area contributed by atoms with Crippen molar-refractivity contribution in [2.45, 2.75) is 64.8 Å². The lowest BCUT2D eigenvalue weighted by Gasteiger charge is -2.38. The van der Waals surface area contributed by atoms with Crippen LogP contribution in [-0.2, 0) is 0 Å². The van der Waals surface area contributed by atoms with Crippen molar-refractivity contribution in [2.75, 3.05) is 59.2 Å². The van der Waals surface area contributed by atoms with Crippen LogP contribution in [0.3, 0.4) is 0 Å². The maximum absolute atomic E-state index is 9.63. The van der Waals surface area contributed by atoms with Gasteiger partial charge in [-0.25, -0.2) is 0 Å². The summed E-state index contributed by atoms with van der Waals surface area (Å²) in [6, 6.07) is -0.258. The summed E-state index contributed by atoms with van der Waals surface area (Å²) in [7, 11) is 0. The van der Waals surface area contributed by atoms with Crippen molar-refractivity contribution < 1.29 is 25.5 Å². The summed E-state index contributed by atoms with van der Waals surface area (Å²) >= 11 is 0. The Bertz CT molecular complexity index is 316. The molecule has 0 aromatic heterocycles. The topological polar surface area (TPSA) is 111 Å². The Kier molecular flexibility index (Phi) is 14.5. The SMILES string of the molecule is CC(CO)N(CCN(C(C)CO)C(C)CO)CCN(C(C)CO)C(C)CO. The van der Waals surface area contributed by atoms with Gasteiger partial charge in [-0.3, -0.25) is 14.7 Å². The third-order valence-corrected chi connectivity index (χ3v) is 5.50. The first-order valence-electron chi connectivity index (χ1n) is 10.1. The van der Waals surface area contributed by atoms with Crippen LogP contribution in [0, 0.1) is 0 Å². The van der Waals surface area contributed by atoms with Crippen LogP contribution < -0.4 is 0 Å². The molecule has 0 saturated carbocycles. The first kappa shape index (κ1) is 26.7. The van der Waals surface area contributed by atoms with Crippen LogP contribution >= 0.6 is 0 Å². The number of aliphatic hydroxyl groups is 5. The van der Waals surface area contributed by atoms with Crippen LogP contribution in [0.1, 0.15) is 34.6 Å². The molecule has 0 aliphatic carbocycles. The van der Waals surface area contributed by atoms with Crippen molar-refractivity contribution in [2.24, 2.45) is 0 Å². The molecular formula is C19H43N3O5. The van der Waals surface area contributed by atoms with Crippen molar-refractivity contribution in [3.8, 4) is 0 Å². The summed E-state index contributed by atoms with van der Waals surface area (Å²) < 4.78 is 0. The Hall–Kier alpha value is -0.320. The van der Waals surface area contributed by atoms with Crippen molar-refractivity contribution in [1.82, 2.24) is 14.7 Å². The standard InChI is InChI=1S/C19H43N3O5/c1-15(10-23)20(6-8-21(16(2)11-24)17(3)12-25)7-9-22(18(4)13-26)19(5)14-27/h15-19,23-27H,6-14H2,1-5H3. The Balaban J connectivity index is 5.01. The molecule has 5 N–H and O–H groups in total. The van der Waals surface area contributed by atoms with E-state index in [1.54, 1.807) is 0 Å². The fourth-order valence-corrected chi connectivity index (χ4v) is 3.33. The second kappa shape index (κ2) is 14.6. The maximum atomic E-state index is 9.63. The average molecular weight is 394 g/mol. The molecule has 0 aromatic rings. The van der Waals surface area contributed by atoms with Crippen molar-refractivity contribution in [1.29, 1.82) is 0 Å². The average Bonchev–Trinajstić information content (AvgIpc) is 2.70. The van der Waals surface area contributed by atoms with Gasteiger partial charge >= 0.3 is 0 Å². The van der Waals surface area contributed by atoms with Gasteiger partial charge in [0.05, 0.1) is 33.0 Å². The van der Waals surface area contributed by atoms with E-state index in [4.69, 9.17) is 0 Å². The minimum absolute atomic E-state index is 0.0235. The van der Waals surface area contributed by atoms with Gasteiger partial charge in [-0.05, 0) is 34.6 Å². The Morgan fingerprint density at radius 2 is 0.704 bits per heavy atom. The van der Waals surface area contributed by atoms with E-state index in [1.165, 1.54) is 0 Å². The van der Waals surface area contributed by atoms with Crippen molar-refractivity contribution in [3.63, 3.8) is 0 Å². The third-order valence-electron chi connectivity index (χ3n) is 5.50. The van der Waals surface area contributed by atoms with Gasteiger partial charge in [0.25, 0.3) is 0 Å². The van der Waals surface area contributed by atoms with Gasteiger partial charge in [-0.15, -0.1) is 0 Å². The van der Waals surface area contributed by atoms with E-state index in [2.05, 4.69) is 14.7 Å². The molecule has 8 nitrogen and oxygen atoms in total. The van der Waals surface area contributed by atoms with Crippen molar-refractivity contribution in [3.05, 3.63) is 0 Å². The fourth-order valence-electron chi connectivity index (χ4n) is 3.33. The molecule has 0 radical (unpaired) electrons. The van der Waals surface area contributed by atoms with E-state index in [0.29, 0.717) is 26.2 Å². The maximum Gasteiger partial charge on any atom is 0.0584 e. The molecule has 0 bridgehead atoms. The molecule has 5 atom stereocenters. The van der Waals surface area contributed by atoms with Crippen LogP contribution in [0.4, 0.5) is 0 Å². The molecule has 0 aliphatic heterocycles. The van der Waals surface area contributed by atoms with Gasteiger partial charge in [0.1, 0.15) is 0 Å². The second-order valence-corrected chi connectivity index (χ2v) is 7.67. The summed E-state index contributed by atoms with van der Waals surface area (Å²) in [5, 5.41) is 47.6. The molecule has 0 aromatic carbocycles. The monoisotopic (exact) mass is 393 g/mol. The lowest BCUT2D eigenvalue weighted by atomic mass is 10.2. The van der Waals surface area contributed by atoms with Crippen LogP contribution in [0.2, 0.25) is 0 Å². The molecular weight excluding hydrogens is 350 g/mol. The molecule has 0 heterocycles. The zero-order valence-corrected chi connectivity index (χ0v) is 17.8. The van der Waals surface area contributed by atoms with Crippen molar-refractivity contribution >= 4 is 0 Å². The van der Waals surface area contributed by atoms with Gasteiger partial charge in [-0.2, -0.15) is 0 Å². The number of rotatable bonds is 16.